The van der Waals surface area contributed by atoms with Crippen LogP contribution in [-0.2, 0) is 28.6 Å². The molecule has 0 radical (unpaired) electrons. The zero-order valence-corrected chi connectivity index (χ0v) is 54.2. The van der Waals surface area contributed by atoms with E-state index in [-0.39, 0.29) is 31.1 Å². The molecule has 0 aromatic rings. The van der Waals surface area contributed by atoms with Crippen LogP contribution in [0, 0.1) is 0 Å². The van der Waals surface area contributed by atoms with Crippen molar-refractivity contribution in [1.82, 2.24) is 0 Å². The van der Waals surface area contributed by atoms with Crippen LogP contribution in [0.3, 0.4) is 0 Å². The van der Waals surface area contributed by atoms with Crippen molar-refractivity contribution in [3.8, 4) is 0 Å². The lowest BCUT2D eigenvalue weighted by atomic mass is 10.0. The third kappa shape index (κ3) is 67.1. The molecule has 0 aromatic heterocycles. The van der Waals surface area contributed by atoms with Crippen LogP contribution in [0.25, 0.3) is 0 Å². The fraction of sp³-hybridized carbons (Fsp3) is 0.750. The number of unbranched alkanes of at least 4 members (excludes halogenated alkanes) is 37. The lowest BCUT2D eigenvalue weighted by Gasteiger charge is -2.18. The Morgan fingerprint density at radius 1 is 0.256 bits per heavy atom. The highest BCUT2D eigenvalue weighted by molar-refractivity contribution is 5.71. The number of ether oxygens (including phenoxy) is 3. The molecule has 1 unspecified atom stereocenters. The maximum atomic E-state index is 12.9. The zero-order chi connectivity index (χ0) is 59.2. The van der Waals surface area contributed by atoms with Crippen molar-refractivity contribution in [3.05, 3.63) is 97.2 Å². The molecular formula is C76H132O6. The van der Waals surface area contributed by atoms with Crippen molar-refractivity contribution in [2.45, 2.75) is 354 Å². The summed E-state index contributed by atoms with van der Waals surface area (Å²) in [7, 11) is 0. The van der Waals surface area contributed by atoms with Gasteiger partial charge in [-0.25, -0.2) is 0 Å². The van der Waals surface area contributed by atoms with Gasteiger partial charge in [0.25, 0.3) is 0 Å². The zero-order valence-electron chi connectivity index (χ0n) is 54.2. The van der Waals surface area contributed by atoms with E-state index in [9.17, 15) is 14.4 Å². The molecule has 0 saturated heterocycles. The van der Waals surface area contributed by atoms with E-state index in [1.807, 2.05) is 0 Å². The normalized spacial score (nSPS) is 12.7. The van der Waals surface area contributed by atoms with Crippen molar-refractivity contribution in [2.75, 3.05) is 13.2 Å². The summed E-state index contributed by atoms with van der Waals surface area (Å²) in [4.78, 5) is 38.1. The average molecular weight is 1140 g/mol. The number of hydrogen-bond acceptors (Lipinski definition) is 6. The predicted octanol–water partition coefficient (Wildman–Crippen LogP) is 24.4. The van der Waals surface area contributed by atoms with Gasteiger partial charge in [0.1, 0.15) is 13.2 Å². The van der Waals surface area contributed by atoms with Gasteiger partial charge >= 0.3 is 17.9 Å². The van der Waals surface area contributed by atoms with Crippen LogP contribution in [-0.4, -0.2) is 37.2 Å². The summed E-state index contributed by atoms with van der Waals surface area (Å²) in [6.07, 6.45) is 94.8. The second kappa shape index (κ2) is 69.8. The van der Waals surface area contributed by atoms with Gasteiger partial charge in [0.2, 0.25) is 0 Å². The summed E-state index contributed by atoms with van der Waals surface area (Å²) < 4.78 is 16.9. The fourth-order valence-electron chi connectivity index (χ4n) is 10.1. The van der Waals surface area contributed by atoms with E-state index in [2.05, 4.69) is 118 Å². The van der Waals surface area contributed by atoms with Gasteiger partial charge in [0.05, 0.1) is 0 Å². The highest BCUT2D eigenvalue weighted by Gasteiger charge is 2.19. The number of rotatable bonds is 64. The summed E-state index contributed by atoms with van der Waals surface area (Å²) in [6.45, 7) is 6.49. The standard InChI is InChI=1S/C76H132O6/c1-4-7-10-13-16-18-20-22-24-26-28-30-32-33-34-35-36-37-38-39-40-41-42-43-45-46-48-50-52-54-56-58-60-63-66-69-75(78)81-72-73(71-80-74(77)68-65-62-15-12-9-6-3)82-76(79)70-67-64-61-59-57-55-53-51-49-47-44-31-29-27-25-23-21-19-17-14-11-8-5-2/h7,10,16,18,21-24,27-30,33-34,36-37,73H,4-6,8-9,11-15,17,19-20,25-26,31-32,35,38-72H2,1-3H3/b10-7-,18-16-,23-21-,24-22-,29-27-,30-28-,34-33-,37-36-. The molecule has 0 aliphatic rings. The Kier molecular flexibility index (Phi) is 66.7. The molecule has 0 amide bonds. The topological polar surface area (TPSA) is 78.9 Å². The second-order valence-corrected chi connectivity index (χ2v) is 23.4. The monoisotopic (exact) mass is 1140 g/mol. The molecule has 1 atom stereocenters. The van der Waals surface area contributed by atoms with E-state index in [4.69, 9.17) is 14.2 Å². The number of esters is 3. The molecule has 0 N–H and O–H groups in total. The van der Waals surface area contributed by atoms with E-state index in [0.717, 1.165) is 103 Å². The summed E-state index contributed by atoms with van der Waals surface area (Å²) in [5.41, 5.74) is 0. The Bertz CT molecular complexity index is 1590. The minimum atomic E-state index is -0.774. The van der Waals surface area contributed by atoms with Crippen molar-refractivity contribution in [3.63, 3.8) is 0 Å². The molecule has 6 heteroatoms. The average Bonchev–Trinajstić information content (AvgIpc) is 3.47. The van der Waals surface area contributed by atoms with Crippen LogP contribution in [0.5, 0.6) is 0 Å². The summed E-state index contributed by atoms with van der Waals surface area (Å²) in [5.74, 6) is -0.871. The minimum absolute atomic E-state index is 0.0740. The van der Waals surface area contributed by atoms with Gasteiger partial charge in [-0.05, 0) is 103 Å². The SMILES string of the molecule is CC/C=C\C/C=C\C/C=C\C/C=C\C/C=C\C/C=C\CCCCCCCCCCCCCCCCCCC(=O)OCC(COC(=O)CCCCCCCC)OC(=O)CCCCCCCCCCCCC/C=C\C/C=C\CCCCCCC. The smallest absolute Gasteiger partial charge is 0.306 e. The van der Waals surface area contributed by atoms with Crippen LogP contribution < -0.4 is 0 Å². The van der Waals surface area contributed by atoms with Crippen LogP contribution in [0.2, 0.25) is 0 Å². The first-order valence-electron chi connectivity index (χ1n) is 35.2. The minimum Gasteiger partial charge on any atom is -0.462 e. The number of allylic oxidation sites excluding steroid dienone is 16. The summed E-state index contributed by atoms with van der Waals surface area (Å²) in [5, 5.41) is 0. The maximum absolute atomic E-state index is 12.9. The Morgan fingerprint density at radius 3 is 0.744 bits per heavy atom. The van der Waals surface area contributed by atoms with Crippen molar-refractivity contribution in [1.29, 1.82) is 0 Å². The van der Waals surface area contributed by atoms with Crippen molar-refractivity contribution < 1.29 is 28.6 Å². The van der Waals surface area contributed by atoms with Crippen LogP contribution in [0.4, 0.5) is 0 Å². The quantitative estimate of drug-likeness (QED) is 0.0261. The lowest BCUT2D eigenvalue weighted by Crippen LogP contribution is -2.30. The van der Waals surface area contributed by atoms with Gasteiger partial charge in [0, 0.05) is 19.3 Å². The summed E-state index contributed by atoms with van der Waals surface area (Å²) in [6, 6.07) is 0. The van der Waals surface area contributed by atoms with Gasteiger partial charge in [-0.1, -0.05) is 323 Å². The molecule has 0 heterocycles. The Labute approximate surface area is 508 Å². The van der Waals surface area contributed by atoms with Crippen LogP contribution in [0.15, 0.2) is 97.2 Å². The molecule has 0 aromatic carbocycles. The maximum Gasteiger partial charge on any atom is 0.306 e. The number of hydrogen-bond donors (Lipinski definition) is 0. The first-order valence-corrected chi connectivity index (χ1v) is 35.2. The molecule has 0 saturated carbocycles. The molecular weight excluding hydrogens is 1010 g/mol. The molecule has 0 bridgehead atoms. The fourth-order valence-corrected chi connectivity index (χ4v) is 10.1. The first kappa shape index (κ1) is 78.3. The van der Waals surface area contributed by atoms with Crippen molar-refractivity contribution in [2.24, 2.45) is 0 Å². The molecule has 0 aliphatic heterocycles. The van der Waals surface area contributed by atoms with Crippen LogP contribution >= 0.6 is 0 Å². The number of carbonyl (C=O) groups is 3. The van der Waals surface area contributed by atoms with E-state index in [1.165, 1.54) is 205 Å². The van der Waals surface area contributed by atoms with Gasteiger partial charge < -0.3 is 14.2 Å². The van der Waals surface area contributed by atoms with Crippen molar-refractivity contribution >= 4 is 17.9 Å². The second-order valence-electron chi connectivity index (χ2n) is 23.4. The number of carbonyl (C=O) groups excluding carboxylic acids is 3. The molecule has 472 valence electrons. The molecule has 82 heavy (non-hydrogen) atoms. The molecule has 0 rings (SSSR count). The molecule has 0 fully saturated rings. The van der Waals surface area contributed by atoms with E-state index in [0.29, 0.717) is 19.3 Å². The van der Waals surface area contributed by atoms with Gasteiger partial charge in [-0.2, -0.15) is 0 Å². The lowest BCUT2D eigenvalue weighted by molar-refractivity contribution is -0.167. The third-order valence-electron chi connectivity index (χ3n) is 15.3. The van der Waals surface area contributed by atoms with E-state index >= 15 is 0 Å². The first-order chi connectivity index (χ1) is 40.5. The Hall–Kier alpha value is -3.67. The molecule has 0 spiro atoms. The van der Waals surface area contributed by atoms with E-state index in [1.54, 1.807) is 0 Å². The summed E-state index contributed by atoms with van der Waals surface area (Å²) >= 11 is 0. The van der Waals surface area contributed by atoms with Gasteiger partial charge in [-0.15, -0.1) is 0 Å². The van der Waals surface area contributed by atoms with Gasteiger partial charge in [-0.3, -0.25) is 14.4 Å². The Balaban J connectivity index is 3.99. The highest BCUT2D eigenvalue weighted by Crippen LogP contribution is 2.17. The third-order valence-corrected chi connectivity index (χ3v) is 15.3. The Morgan fingerprint density at radius 2 is 0.476 bits per heavy atom. The predicted molar refractivity (Wildman–Crippen MR) is 357 cm³/mol. The highest BCUT2D eigenvalue weighted by atomic mass is 16.6. The molecule has 6 nitrogen and oxygen atoms in total. The van der Waals surface area contributed by atoms with Gasteiger partial charge in [0.15, 0.2) is 6.10 Å². The molecule has 0 aliphatic carbocycles. The van der Waals surface area contributed by atoms with Crippen LogP contribution in [0.1, 0.15) is 348 Å². The largest absolute Gasteiger partial charge is 0.462 e. The van der Waals surface area contributed by atoms with E-state index < -0.39 is 6.10 Å².